The smallest absolute Gasteiger partial charge is 0.221 e. The van der Waals surface area contributed by atoms with Crippen LogP contribution in [0.2, 0.25) is 0 Å². The molecule has 2 aliphatic rings. The zero-order chi connectivity index (χ0) is 15.2. The molecule has 0 spiro atoms. The van der Waals surface area contributed by atoms with Crippen molar-refractivity contribution in [3.8, 4) is 11.5 Å². The standard InChI is InChI=1S/C16H22N2O4/c19-16(5-6-18-7-9-20-10-8-18)17-11-13-12-21-14-3-1-2-4-15(14)22-13/h1-4,13H,5-12H2,(H,17,19)/t13-/m1/s1. The molecule has 6 heteroatoms. The molecule has 120 valence electrons. The van der Waals surface area contributed by atoms with E-state index in [1.54, 1.807) is 0 Å². The summed E-state index contributed by atoms with van der Waals surface area (Å²) in [6.07, 6.45) is 0.367. The minimum Gasteiger partial charge on any atom is -0.486 e. The number of nitrogens with zero attached hydrogens (tertiary/aromatic N) is 1. The van der Waals surface area contributed by atoms with Crippen LogP contribution in [-0.4, -0.2) is 62.9 Å². The van der Waals surface area contributed by atoms with Gasteiger partial charge in [-0.15, -0.1) is 0 Å². The summed E-state index contributed by atoms with van der Waals surface area (Å²) in [5.41, 5.74) is 0. The summed E-state index contributed by atoms with van der Waals surface area (Å²) in [5, 5.41) is 2.92. The van der Waals surface area contributed by atoms with Gasteiger partial charge in [-0.05, 0) is 12.1 Å². The molecule has 1 atom stereocenters. The maximum absolute atomic E-state index is 11.9. The van der Waals surface area contributed by atoms with Crippen LogP contribution in [0.4, 0.5) is 0 Å². The second-order valence-corrected chi connectivity index (χ2v) is 5.51. The van der Waals surface area contributed by atoms with Gasteiger partial charge in [-0.1, -0.05) is 12.1 Å². The van der Waals surface area contributed by atoms with Crippen molar-refractivity contribution < 1.29 is 19.0 Å². The van der Waals surface area contributed by atoms with Crippen molar-refractivity contribution in [3.05, 3.63) is 24.3 Å². The highest BCUT2D eigenvalue weighted by molar-refractivity contribution is 5.76. The number of benzene rings is 1. The molecule has 0 unspecified atom stereocenters. The van der Waals surface area contributed by atoms with Gasteiger partial charge in [-0.3, -0.25) is 9.69 Å². The highest BCUT2D eigenvalue weighted by Crippen LogP contribution is 2.30. The molecular weight excluding hydrogens is 284 g/mol. The number of carbonyl (C=O) groups excluding carboxylic acids is 1. The highest BCUT2D eigenvalue weighted by atomic mass is 16.6. The van der Waals surface area contributed by atoms with Gasteiger partial charge in [0.25, 0.3) is 0 Å². The fraction of sp³-hybridized carbons (Fsp3) is 0.562. The van der Waals surface area contributed by atoms with Gasteiger partial charge in [0.1, 0.15) is 12.7 Å². The average molecular weight is 306 g/mol. The Balaban J connectivity index is 1.37. The van der Waals surface area contributed by atoms with Crippen molar-refractivity contribution in [3.63, 3.8) is 0 Å². The number of ether oxygens (including phenoxy) is 3. The molecule has 0 radical (unpaired) electrons. The van der Waals surface area contributed by atoms with Crippen LogP contribution >= 0.6 is 0 Å². The first-order valence-corrected chi connectivity index (χ1v) is 7.76. The molecule has 3 rings (SSSR count). The molecular formula is C16H22N2O4. The van der Waals surface area contributed by atoms with Gasteiger partial charge in [0.15, 0.2) is 11.5 Å². The largest absolute Gasteiger partial charge is 0.486 e. The minimum atomic E-state index is -0.137. The molecule has 1 N–H and O–H groups in total. The molecule has 6 nitrogen and oxygen atoms in total. The van der Waals surface area contributed by atoms with Crippen molar-refractivity contribution in [2.45, 2.75) is 12.5 Å². The van der Waals surface area contributed by atoms with Crippen LogP contribution in [0.5, 0.6) is 11.5 Å². The van der Waals surface area contributed by atoms with E-state index in [4.69, 9.17) is 14.2 Å². The maximum atomic E-state index is 11.9. The Kier molecular flexibility index (Phi) is 5.13. The molecule has 1 fully saturated rings. The molecule has 1 saturated heterocycles. The molecule has 2 aliphatic heterocycles. The number of hydrogen-bond acceptors (Lipinski definition) is 5. The molecule has 1 aromatic carbocycles. The van der Waals surface area contributed by atoms with E-state index < -0.39 is 0 Å². The van der Waals surface area contributed by atoms with Crippen molar-refractivity contribution in [2.75, 3.05) is 46.0 Å². The van der Waals surface area contributed by atoms with Crippen molar-refractivity contribution >= 4 is 5.91 Å². The molecule has 1 aromatic rings. The van der Waals surface area contributed by atoms with Crippen molar-refractivity contribution in [1.82, 2.24) is 10.2 Å². The van der Waals surface area contributed by atoms with Crippen molar-refractivity contribution in [2.24, 2.45) is 0 Å². The van der Waals surface area contributed by atoms with Crippen LogP contribution in [-0.2, 0) is 9.53 Å². The van der Waals surface area contributed by atoms with E-state index in [1.165, 1.54) is 0 Å². The zero-order valence-electron chi connectivity index (χ0n) is 12.6. The van der Waals surface area contributed by atoms with Crippen molar-refractivity contribution in [1.29, 1.82) is 0 Å². The number of rotatable bonds is 5. The summed E-state index contributed by atoms with van der Waals surface area (Å²) in [4.78, 5) is 14.2. The molecule has 0 aromatic heterocycles. The van der Waals surface area contributed by atoms with Crippen LogP contribution < -0.4 is 14.8 Å². The Morgan fingerprint density at radius 2 is 2.00 bits per heavy atom. The van der Waals surface area contributed by atoms with Crippen LogP contribution in [0.15, 0.2) is 24.3 Å². The number of nitrogens with one attached hydrogen (secondary N) is 1. The van der Waals surface area contributed by atoms with Crippen LogP contribution in [0.25, 0.3) is 0 Å². The predicted octanol–water partition coefficient (Wildman–Crippen LogP) is 0.665. The normalized spacial score (nSPS) is 21.4. The predicted molar refractivity (Wildman–Crippen MR) is 81.2 cm³/mol. The van der Waals surface area contributed by atoms with Crippen LogP contribution in [0.1, 0.15) is 6.42 Å². The molecule has 0 aliphatic carbocycles. The van der Waals surface area contributed by atoms with Crippen LogP contribution in [0, 0.1) is 0 Å². The van der Waals surface area contributed by atoms with Gasteiger partial charge >= 0.3 is 0 Å². The number of fused-ring (bicyclic) bond motifs is 1. The van der Waals surface area contributed by atoms with E-state index in [2.05, 4.69) is 10.2 Å². The third kappa shape index (κ3) is 4.11. The summed E-state index contributed by atoms with van der Waals surface area (Å²) in [6.45, 7) is 5.03. The SMILES string of the molecule is O=C(CCN1CCOCC1)NC[C@@H]1COc2ccccc2O1. The van der Waals surface area contributed by atoms with E-state index in [0.717, 1.165) is 44.3 Å². The third-order valence-electron chi connectivity index (χ3n) is 3.85. The fourth-order valence-electron chi connectivity index (χ4n) is 2.56. The summed E-state index contributed by atoms with van der Waals surface area (Å²) >= 11 is 0. The average Bonchev–Trinajstić information content (AvgIpc) is 2.59. The summed E-state index contributed by atoms with van der Waals surface area (Å²) in [5.74, 6) is 1.55. The Morgan fingerprint density at radius 3 is 2.82 bits per heavy atom. The zero-order valence-corrected chi connectivity index (χ0v) is 12.6. The summed E-state index contributed by atoms with van der Waals surface area (Å²) < 4.78 is 16.7. The lowest BCUT2D eigenvalue weighted by Crippen LogP contribution is -2.42. The monoisotopic (exact) mass is 306 g/mol. The number of hydrogen-bond donors (Lipinski definition) is 1. The fourth-order valence-corrected chi connectivity index (χ4v) is 2.56. The number of para-hydroxylation sites is 2. The molecule has 2 heterocycles. The Hall–Kier alpha value is -1.79. The van der Waals surface area contributed by atoms with Gasteiger partial charge in [-0.25, -0.2) is 0 Å². The van der Waals surface area contributed by atoms with E-state index in [0.29, 0.717) is 19.6 Å². The third-order valence-corrected chi connectivity index (χ3v) is 3.85. The Bertz CT molecular complexity index is 503. The lowest BCUT2D eigenvalue weighted by molar-refractivity contribution is -0.122. The van der Waals surface area contributed by atoms with Gasteiger partial charge in [0.2, 0.25) is 5.91 Å². The van der Waals surface area contributed by atoms with Gasteiger partial charge in [0, 0.05) is 26.1 Å². The minimum absolute atomic E-state index is 0.0500. The van der Waals surface area contributed by atoms with Crippen LogP contribution in [0.3, 0.4) is 0 Å². The first kappa shape index (κ1) is 15.1. The van der Waals surface area contributed by atoms with E-state index >= 15 is 0 Å². The second-order valence-electron chi connectivity index (χ2n) is 5.51. The maximum Gasteiger partial charge on any atom is 0.221 e. The number of carbonyl (C=O) groups is 1. The molecule has 0 bridgehead atoms. The number of amides is 1. The molecule has 22 heavy (non-hydrogen) atoms. The van der Waals surface area contributed by atoms with E-state index in [9.17, 15) is 4.79 Å². The topological polar surface area (TPSA) is 60.0 Å². The summed E-state index contributed by atoms with van der Waals surface area (Å²) in [7, 11) is 0. The summed E-state index contributed by atoms with van der Waals surface area (Å²) in [6, 6.07) is 7.58. The molecule has 0 saturated carbocycles. The highest BCUT2D eigenvalue weighted by Gasteiger charge is 2.21. The first-order valence-electron chi connectivity index (χ1n) is 7.76. The second kappa shape index (κ2) is 7.47. The van der Waals surface area contributed by atoms with E-state index in [1.807, 2.05) is 24.3 Å². The quantitative estimate of drug-likeness (QED) is 0.866. The lowest BCUT2D eigenvalue weighted by atomic mass is 10.2. The van der Waals surface area contributed by atoms with Gasteiger partial charge < -0.3 is 19.5 Å². The van der Waals surface area contributed by atoms with Gasteiger partial charge in [0.05, 0.1) is 19.8 Å². The first-order chi connectivity index (χ1) is 10.8. The van der Waals surface area contributed by atoms with Gasteiger partial charge in [-0.2, -0.15) is 0 Å². The Morgan fingerprint density at radius 1 is 1.23 bits per heavy atom. The Labute approximate surface area is 130 Å². The number of morpholine rings is 1. The van der Waals surface area contributed by atoms with E-state index in [-0.39, 0.29) is 12.0 Å². The molecule has 1 amide bonds. The lowest BCUT2D eigenvalue weighted by Gasteiger charge is -2.27.